The van der Waals surface area contributed by atoms with Gasteiger partial charge in [0.1, 0.15) is 6.10 Å². The smallest absolute Gasteiger partial charge is 0.108 e. The predicted octanol–water partition coefficient (Wildman–Crippen LogP) is 2.06. The number of benzene rings is 2. The van der Waals surface area contributed by atoms with E-state index in [4.69, 9.17) is 4.74 Å². The molecule has 0 heterocycles. The van der Waals surface area contributed by atoms with Gasteiger partial charge >= 0.3 is 0 Å². The first-order valence-corrected chi connectivity index (χ1v) is 9.08. The molecule has 0 radical (unpaired) electrons. The Morgan fingerprint density at radius 1 is 0.720 bits per heavy atom. The molecule has 2 aromatic rings. The Bertz CT molecular complexity index is 526. The predicted molar refractivity (Wildman–Crippen MR) is 102 cm³/mol. The number of unbranched alkanes of at least 4 members (excludes halogenated alkanes) is 3. The molecule has 2 rings (SSSR count). The highest BCUT2D eigenvalue weighted by Gasteiger charge is 2.14. The number of ether oxygens (including phenoxy) is 1. The largest absolute Gasteiger partial charge is 1.00 e. The van der Waals surface area contributed by atoms with Crippen LogP contribution in [0.4, 0.5) is 0 Å². The monoisotopic (exact) mass is 453 g/mol. The molecule has 0 fully saturated rings. The minimum Gasteiger partial charge on any atom is -1.00 e. The summed E-state index contributed by atoms with van der Waals surface area (Å²) in [5, 5.41) is 0. The van der Waals surface area contributed by atoms with Gasteiger partial charge in [0, 0.05) is 6.61 Å². The second-order valence-corrected chi connectivity index (χ2v) is 7.50. The Hall–Kier alpha value is -0.910. The lowest BCUT2D eigenvalue weighted by atomic mass is 10.0. The van der Waals surface area contributed by atoms with Crippen LogP contribution in [0.15, 0.2) is 60.7 Å². The van der Waals surface area contributed by atoms with Crippen molar-refractivity contribution in [3.63, 3.8) is 0 Å². The second-order valence-electron chi connectivity index (χ2n) is 7.50. The van der Waals surface area contributed by atoms with Crippen LogP contribution in [0.25, 0.3) is 0 Å². The normalized spacial score (nSPS) is 11.4. The first-order valence-electron chi connectivity index (χ1n) is 9.08. The Kier molecular flexibility index (Phi) is 10.3. The number of rotatable bonds is 10. The van der Waals surface area contributed by atoms with E-state index in [1.54, 1.807) is 0 Å². The summed E-state index contributed by atoms with van der Waals surface area (Å²) in [4.78, 5) is 0. The number of hydrogen-bond acceptors (Lipinski definition) is 1. The zero-order chi connectivity index (χ0) is 17.3. The van der Waals surface area contributed by atoms with Crippen molar-refractivity contribution in [3.05, 3.63) is 71.8 Å². The maximum absolute atomic E-state index is 6.26. The van der Waals surface area contributed by atoms with Gasteiger partial charge in [-0.15, -0.1) is 0 Å². The van der Waals surface area contributed by atoms with Gasteiger partial charge in [-0.2, -0.15) is 0 Å². The summed E-state index contributed by atoms with van der Waals surface area (Å²) in [6.07, 6.45) is 5.01. The molecule has 0 aliphatic rings. The fourth-order valence-corrected chi connectivity index (χ4v) is 2.88. The van der Waals surface area contributed by atoms with Gasteiger partial charge in [-0.05, 0) is 30.4 Å². The third-order valence-electron chi connectivity index (χ3n) is 4.21. The number of halogens is 1. The van der Waals surface area contributed by atoms with E-state index in [0.717, 1.165) is 17.5 Å². The molecule has 2 aromatic carbocycles. The molecule has 138 valence electrons. The lowest BCUT2D eigenvalue weighted by Gasteiger charge is -2.23. The molecule has 3 heteroatoms. The molecular formula is C22H32INO. The first-order chi connectivity index (χ1) is 11.6. The lowest BCUT2D eigenvalue weighted by Crippen LogP contribution is -3.00. The van der Waals surface area contributed by atoms with Crippen LogP contribution in [0.1, 0.15) is 42.9 Å². The number of nitrogens with zero attached hydrogens (tertiary/aromatic N) is 1. The fraction of sp³-hybridized carbons (Fsp3) is 0.455. The molecule has 0 unspecified atom stereocenters. The van der Waals surface area contributed by atoms with E-state index in [1.165, 1.54) is 36.9 Å². The minimum atomic E-state index is 0. The van der Waals surface area contributed by atoms with Crippen LogP contribution in [0.5, 0.6) is 0 Å². The van der Waals surface area contributed by atoms with Gasteiger partial charge in [0.2, 0.25) is 0 Å². The van der Waals surface area contributed by atoms with Gasteiger partial charge in [-0.25, -0.2) is 0 Å². The molecule has 0 N–H and O–H groups in total. The summed E-state index contributed by atoms with van der Waals surface area (Å²) >= 11 is 0. The molecule has 0 spiro atoms. The van der Waals surface area contributed by atoms with Crippen LogP contribution in [0.3, 0.4) is 0 Å². The fourth-order valence-electron chi connectivity index (χ4n) is 2.88. The topological polar surface area (TPSA) is 9.23 Å². The molecule has 0 amide bonds. The van der Waals surface area contributed by atoms with Gasteiger partial charge < -0.3 is 33.2 Å². The van der Waals surface area contributed by atoms with Gasteiger partial charge in [0.25, 0.3) is 0 Å². The summed E-state index contributed by atoms with van der Waals surface area (Å²) in [7, 11) is 6.77. The second kappa shape index (κ2) is 11.7. The lowest BCUT2D eigenvalue weighted by molar-refractivity contribution is -0.870. The molecule has 25 heavy (non-hydrogen) atoms. The van der Waals surface area contributed by atoms with Gasteiger partial charge in [-0.3, -0.25) is 0 Å². The minimum absolute atomic E-state index is 0. The highest BCUT2D eigenvalue weighted by molar-refractivity contribution is 5.29. The summed E-state index contributed by atoms with van der Waals surface area (Å²) in [6, 6.07) is 21.0. The van der Waals surface area contributed by atoms with E-state index >= 15 is 0 Å². The maximum Gasteiger partial charge on any atom is 0.108 e. The Labute approximate surface area is 170 Å². The number of quaternary nitrogens is 1. The zero-order valence-electron chi connectivity index (χ0n) is 15.8. The van der Waals surface area contributed by atoms with Crippen molar-refractivity contribution < 1.29 is 33.2 Å². The Morgan fingerprint density at radius 2 is 1.20 bits per heavy atom. The Morgan fingerprint density at radius 3 is 1.68 bits per heavy atom. The van der Waals surface area contributed by atoms with E-state index < -0.39 is 0 Å². The van der Waals surface area contributed by atoms with Crippen LogP contribution in [-0.4, -0.2) is 38.8 Å². The zero-order valence-corrected chi connectivity index (χ0v) is 18.0. The molecule has 0 aliphatic heterocycles. The van der Waals surface area contributed by atoms with Crippen molar-refractivity contribution in [1.82, 2.24) is 0 Å². The molecule has 0 saturated carbocycles. The van der Waals surface area contributed by atoms with E-state index in [1.807, 2.05) is 0 Å². The molecular weight excluding hydrogens is 421 g/mol. The molecule has 2 nitrogen and oxygen atoms in total. The molecule has 0 aromatic heterocycles. The maximum atomic E-state index is 6.26. The van der Waals surface area contributed by atoms with Gasteiger partial charge in [0.05, 0.1) is 27.7 Å². The standard InChI is InChI=1S/C22H32NO.HI/c1-23(2,3)18-12-4-5-13-19-24-22(20-14-8-6-9-15-20)21-16-10-7-11-17-21;/h6-11,14-17,22H,4-5,12-13,18-19H2,1-3H3;1H/q+1;/p-1. The summed E-state index contributed by atoms with van der Waals surface area (Å²) in [5.41, 5.74) is 2.46. The molecule has 0 saturated heterocycles. The van der Waals surface area contributed by atoms with Crippen LogP contribution in [-0.2, 0) is 4.74 Å². The van der Waals surface area contributed by atoms with Crippen LogP contribution in [0.2, 0.25) is 0 Å². The van der Waals surface area contributed by atoms with E-state index in [9.17, 15) is 0 Å². The van der Waals surface area contributed by atoms with Gasteiger partial charge in [-0.1, -0.05) is 67.1 Å². The highest BCUT2D eigenvalue weighted by atomic mass is 127. The summed E-state index contributed by atoms with van der Waals surface area (Å²) < 4.78 is 7.31. The summed E-state index contributed by atoms with van der Waals surface area (Å²) in [5.74, 6) is 0. The van der Waals surface area contributed by atoms with Crippen molar-refractivity contribution in [2.45, 2.75) is 31.8 Å². The average molecular weight is 453 g/mol. The van der Waals surface area contributed by atoms with Crippen molar-refractivity contribution in [2.24, 2.45) is 0 Å². The SMILES string of the molecule is C[N+](C)(C)CCCCCCOC(c1ccccc1)c1ccccc1.[I-]. The van der Waals surface area contributed by atoms with E-state index in [2.05, 4.69) is 81.8 Å². The third-order valence-corrected chi connectivity index (χ3v) is 4.21. The van der Waals surface area contributed by atoms with Gasteiger partial charge in [0.15, 0.2) is 0 Å². The highest BCUT2D eigenvalue weighted by Crippen LogP contribution is 2.26. The van der Waals surface area contributed by atoms with Crippen LogP contribution < -0.4 is 24.0 Å². The van der Waals surface area contributed by atoms with Crippen molar-refractivity contribution in [1.29, 1.82) is 0 Å². The first kappa shape index (κ1) is 22.1. The van der Waals surface area contributed by atoms with Crippen molar-refractivity contribution >= 4 is 0 Å². The third kappa shape index (κ3) is 8.84. The van der Waals surface area contributed by atoms with Crippen molar-refractivity contribution in [2.75, 3.05) is 34.3 Å². The molecule has 0 aliphatic carbocycles. The molecule has 0 atom stereocenters. The van der Waals surface area contributed by atoms with E-state index in [-0.39, 0.29) is 30.1 Å². The Balaban J connectivity index is 0.00000312. The van der Waals surface area contributed by atoms with Crippen LogP contribution in [0, 0.1) is 0 Å². The summed E-state index contributed by atoms with van der Waals surface area (Å²) in [6.45, 7) is 2.07. The van der Waals surface area contributed by atoms with Crippen molar-refractivity contribution in [3.8, 4) is 0 Å². The quantitative estimate of drug-likeness (QED) is 0.304. The average Bonchev–Trinajstić information content (AvgIpc) is 2.58. The van der Waals surface area contributed by atoms with E-state index in [0.29, 0.717) is 0 Å². The number of hydrogen-bond donors (Lipinski definition) is 0. The van der Waals surface area contributed by atoms with Crippen LogP contribution >= 0.6 is 0 Å². The molecule has 0 bridgehead atoms.